The van der Waals surface area contributed by atoms with Crippen molar-refractivity contribution in [2.45, 2.75) is 58.9 Å². The van der Waals surface area contributed by atoms with Crippen LogP contribution in [0.25, 0.3) is 0 Å². The molecule has 1 aliphatic rings. The molecular formula is C14H30N2. The molecule has 0 aromatic heterocycles. The van der Waals surface area contributed by atoms with Gasteiger partial charge in [0.15, 0.2) is 0 Å². The Morgan fingerprint density at radius 3 is 2.44 bits per heavy atom. The molecule has 0 radical (unpaired) electrons. The van der Waals surface area contributed by atoms with Crippen LogP contribution in [0.1, 0.15) is 52.9 Å². The summed E-state index contributed by atoms with van der Waals surface area (Å²) < 4.78 is 0. The number of unbranched alkanes of at least 4 members (excludes halogenated alkanes) is 1. The summed E-state index contributed by atoms with van der Waals surface area (Å²) in [7, 11) is 0. The van der Waals surface area contributed by atoms with Crippen molar-refractivity contribution in [1.29, 1.82) is 0 Å². The van der Waals surface area contributed by atoms with Gasteiger partial charge in [-0.1, -0.05) is 27.2 Å². The number of rotatable bonds is 10. The average Bonchev–Trinajstić information content (AvgIpc) is 3.12. The number of hydrogen-bond acceptors (Lipinski definition) is 2. The molecule has 96 valence electrons. The largest absolute Gasteiger partial charge is 0.312 e. The number of nitrogens with zero attached hydrogens (tertiary/aromatic N) is 1. The van der Waals surface area contributed by atoms with E-state index in [1.807, 2.05) is 0 Å². The molecule has 1 rings (SSSR count). The summed E-state index contributed by atoms with van der Waals surface area (Å²) in [6.07, 6.45) is 6.82. The van der Waals surface area contributed by atoms with E-state index in [0.29, 0.717) is 0 Å². The predicted octanol–water partition coefficient (Wildman–Crippen LogP) is 2.89. The van der Waals surface area contributed by atoms with Crippen molar-refractivity contribution in [3.8, 4) is 0 Å². The van der Waals surface area contributed by atoms with Crippen LogP contribution in [0.3, 0.4) is 0 Å². The quantitative estimate of drug-likeness (QED) is 0.616. The molecule has 1 saturated carbocycles. The summed E-state index contributed by atoms with van der Waals surface area (Å²) in [6, 6.07) is 0.761. The SMILES string of the molecule is CCCCN(CC)CC(NCCC)C1CC1. The van der Waals surface area contributed by atoms with Gasteiger partial charge in [-0.3, -0.25) is 0 Å². The van der Waals surface area contributed by atoms with E-state index in [2.05, 4.69) is 31.0 Å². The summed E-state index contributed by atoms with van der Waals surface area (Å²) in [5.41, 5.74) is 0. The lowest BCUT2D eigenvalue weighted by Gasteiger charge is -2.27. The van der Waals surface area contributed by atoms with Gasteiger partial charge in [-0.15, -0.1) is 0 Å². The third kappa shape index (κ3) is 5.31. The monoisotopic (exact) mass is 226 g/mol. The molecule has 1 unspecified atom stereocenters. The van der Waals surface area contributed by atoms with Crippen molar-refractivity contribution in [2.75, 3.05) is 26.2 Å². The Labute approximate surface area is 102 Å². The van der Waals surface area contributed by atoms with E-state index < -0.39 is 0 Å². The van der Waals surface area contributed by atoms with Crippen molar-refractivity contribution in [3.05, 3.63) is 0 Å². The van der Waals surface area contributed by atoms with Crippen LogP contribution >= 0.6 is 0 Å². The molecule has 1 atom stereocenters. The minimum atomic E-state index is 0.761. The van der Waals surface area contributed by atoms with Gasteiger partial charge in [-0.2, -0.15) is 0 Å². The van der Waals surface area contributed by atoms with E-state index in [4.69, 9.17) is 0 Å². The fourth-order valence-corrected chi connectivity index (χ4v) is 2.25. The summed E-state index contributed by atoms with van der Waals surface area (Å²) >= 11 is 0. The third-order valence-electron chi connectivity index (χ3n) is 3.58. The van der Waals surface area contributed by atoms with Crippen LogP contribution in [0.15, 0.2) is 0 Å². The lowest BCUT2D eigenvalue weighted by Crippen LogP contribution is -2.43. The van der Waals surface area contributed by atoms with E-state index in [0.717, 1.165) is 12.0 Å². The van der Waals surface area contributed by atoms with Gasteiger partial charge in [0, 0.05) is 12.6 Å². The Kier molecular flexibility index (Phi) is 7.06. The van der Waals surface area contributed by atoms with Crippen molar-refractivity contribution in [3.63, 3.8) is 0 Å². The maximum atomic E-state index is 3.73. The first-order valence-corrected chi connectivity index (χ1v) is 7.27. The van der Waals surface area contributed by atoms with Crippen molar-refractivity contribution in [2.24, 2.45) is 5.92 Å². The van der Waals surface area contributed by atoms with Crippen LogP contribution in [0, 0.1) is 5.92 Å². The topological polar surface area (TPSA) is 15.3 Å². The molecule has 0 saturated heterocycles. The van der Waals surface area contributed by atoms with Gasteiger partial charge in [-0.05, 0) is 51.2 Å². The smallest absolute Gasteiger partial charge is 0.0223 e. The lowest BCUT2D eigenvalue weighted by atomic mass is 10.1. The molecule has 2 heteroatoms. The lowest BCUT2D eigenvalue weighted by molar-refractivity contribution is 0.238. The van der Waals surface area contributed by atoms with E-state index >= 15 is 0 Å². The van der Waals surface area contributed by atoms with Crippen LogP contribution in [-0.2, 0) is 0 Å². The minimum Gasteiger partial charge on any atom is -0.312 e. The van der Waals surface area contributed by atoms with Gasteiger partial charge in [-0.25, -0.2) is 0 Å². The fourth-order valence-electron chi connectivity index (χ4n) is 2.25. The molecule has 2 nitrogen and oxygen atoms in total. The molecule has 0 aromatic carbocycles. The summed E-state index contributed by atoms with van der Waals surface area (Å²) in [5.74, 6) is 0.974. The first-order chi connectivity index (χ1) is 7.81. The molecule has 1 fully saturated rings. The molecule has 0 aliphatic heterocycles. The molecule has 1 aliphatic carbocycles. The highest BCUT2D eigenvalue weighted by Gasteiger charge is 2.31. The highest BCUT2D eigenvalue weighted by molar-refractivity contribution is 4.88. The van der Waals surface area contributed by atoms with Crippen molar-refractivity contribution >= 4 is 0 Å². The second-order valence-electron chi connectivity index (χ2n) is 5.14. The molecule has 1 N–H and O–H groups in total. The minimum absolute atomic E-state index is 0.761. The highest BCUT2D eigenvalue weighted by Crippen LogP contribution is 2.33. The standard InChI is InChI=1S/C14H30N2/c1-4-7-11-16(6-3)12-14(13-8-9-13)15-10-5-2/h13-15H,4-12H2,1-3H3. The van der Waals surface area contributed by atoms with Crippen LogP contribution in [0.4, 0.5) is 0 Å². The third-order valence-corrected chi connectivity index (χ3v) is 3.58. The maximum Gasteiger partial charge on any atom is 0.0223 e. The Bertz CT molecular complexity index is 166. The van der Waals surface area contributed by atoms with Gasteiger partial charge in [0.2, 0.25) is 0 Å². The molecule has 0 heterocycles. The van der Waals surface area contributed by atoms with Gasteiger partial charge in [0.05, 0.1) is 0 Å². The number of nitrogens with one attached hydrogen (secondary N) is 1. The molecule has 0 bridgehead atoms. The van der Waals surface area contributed by atoms with Gasteiger partial charge in [0.25, 0.3) is 0 Å². The second-order valence-corrected chi connectivity index (χ2v) is 5.14. The van der Waals surface area contributed by atoms with Crippen LogP contribution in [-0.4, -0.2) is 37.1 Å². The van der Waals surface area contributed by atoms with Gasteiger partial charge < -0.3 is 10.2 Å². The van der Waals surface area contributed by atoms with Gasteiger partial charge in [0.1, 0.15) is 0 Å². The molecular weight excluding hydrogens is 196 g/mol. The van der Waals surface area contributed by atoms with Crippen LogP contribution in [0.5, 0.6) is 0 Å². The fraction of sp³-hybridized carbons (Fsp3) is 1.00. The number of likely N-dealkylation sites (N-methyl/N-ethyl adjacent to an activating group) is 1. The normalized spacial score (nSPS) is 18.0. The first-order valence-electron chi connectivity index (χ1n) is 7.27. The summed E-state index contributed by atoms with van der Waals surface area (Å²) in [5, 5.41) is 3.73. The zero-order valence-corrected chi connectivity index (χ0v) is 11.5. The van der Waals surface area contributed by atoms with Crippen molar-refractivity contribution in [1.82, 2.24) is 10.2 Å². The van der Waals surface area contributed by atoms with Crippen LogP contribution < -0.4 is 5.32 Å². The predicted molar refractivity (Wildman–Crippen MR) is 71.8 cm³/mol. The van der Waals surface area contributed by atoms with E-state index in [1.165, 1.54) is 58.3 Å². The summed E-state index contributed by atoms with van der Waals surface area (Å²) in [6.45, 7) is 11.8. The average molecular weight is 226 g/mol. The molecule has 16 heavy (non-hydrogen) atoms. The molecule has 0 spiro atoms. The Balaban J connectivity index is 2.26. The first kappa shape index (κ1) is 14.0. The van der Waals surface area contributed by atoms with Gasteiger partial charge >= 0.3 is 0 Å². The Morgan fingerprint density at radius 2 is 1.94 bits per heavy atom. The zero-order valence-electron chi connectivity index (χ0n) is 11.5. The van der Waals surface area contributed by atoms with E-state index in [1.54, 1.807) is 0 Å². The van der Waals surface area contributed by atoms with Crippen molar-refractivity contribution < 1.29 is 0 Å². The summed E-state index contributed by atoms with van der Waals surface area (Å²) in [4.78, 5) is 2.62. The van der Waals surface area contributed by atoms with Crippen LogP contribution in [0.2, 0.25) is 0 Å². The number of hydrogen-bond donors (Lipinski definition) is 1. The zero-order chi connectivity index (χ0) is 11.8. The Morgan fingerprint density at radius 1 is 1.19 bits per heavy atom. The van der Waals surface area contributed by atoms with E-state index in [9.17, 15) is 0 Å². The van der Waals surface area contributed by atoms with E-state index in [-0.39, 0.29) is 0 Å². The Hall–Kier alpha value is -0.0800. The highest BCUT2D eigenvalue weighted by atomic mass is 15.1. The molecule has 0 amide bonds. The second kappa shape index (κ2) is 8.08. The maximum absolute atomic E-state index is 3.73. The molecule has 0 aromatic rings.